The number of carbonyl (C=O) groups excluding carboxylic acids is 2. The first-order chi connectivity index (χ1) is 8.04. The van der Waals surface area contributed by atoms with Gasteiger partial charge < -0.3 is 10.1 Å². The van der Waals surface area contributed by atoms with Crippen LogP contribution in [0.25, 0.3) is 0 Å². The highest BCUT2D eigenvalue weighted by molar-refractivity contribution is 5.94. The Kier molecular flexibility index (Phi) is 4.56. The van der Waals surface area contributed by atoms with E-state index in [-0.39, 0.29) is 12.3 Å². The third-order valence-corrected chi connectivity index (χ3v) is 1.86. The van der Waals surface area contributed by atoms with Gasteiger partial charge in [-0.15, -0.1) is 0 Å². The second kappa shape index (κ2) is 5.93. The minimum atomic E-state index is -3.07. The van der Waals surface area contributed by atoms with Gasteiger partial charge in [-0.25, -0.2) is 4.79 Å². The number of hydrogen-bond donors (Lipinski definition) is 1. The van der Waals surface area contributed by atoms with Crippen LogP contribution in [-0.4, -0.2) is 24.9 Å². The van der Waals surface area contributed by atoms with Crippen molar-refractivity contribution in [2.24, 2.45) is 0 Å². The van der Waals surface area contributed by atoms with Gasteiger partial charge in [0.25, 0.3) is 5.91 Å². The van der Waals surface area contributed by atoms with Crippen LogP contribution in [0.5, 0.6) is 0 Å². The standard InChI is InChI=1S/C11H11F2NO3/c1-2-17-11(16)7-3-5-8(6-4-7)14-10(15)9(12)13/h3-6,9H,2H2,1H3,(H,14,15). The number of halogens is 2. The van der Waals surface area contributed by atoms with Crippen molar-refractivity contribution < 1.29 is 23.1 Å². The Labute approximate surface area is 96.6 Å². The molecule has 0 heterocycles. The fourth-order valence-electron chi connectivity index (χ4n) is 1.10. The van der Waals surface area contributed by atoms with Crippen LogP contribution >= 0.6 is 0 Å². The van der Waals surface area contributed by atoms with E-state index >= 15 is 0 Å². The van der Waals surface area contributed by atoms with Gasteiger partial charge in [0.2, 0.25) is 0 Å². The first-order valence-electron chi connectivity index (χ1n) is 4.90. The number of hydrogen-bond acceptors (Lipinski definition) is 3. The maximum atomic E-state index is 11.9. The van der Waals surface area contributed by atoms with Gasteiger partial charge in [-0.1, -0.05) is 0 Å². The first-order valence-corrected chi connectivity index (χ1v) is 4.90. The molecule has 0 saturated heterocycles. The summed E-state index contributed by atoms with van der Waals surface area (Å²) in [5.74, 6) is -1.88. The Bertz CT molecular complexity index is 404. The third kappa shape index (κ3) is 3.82. The fourth-order valence-corrected chi connectivity index (χ4v) is 1.10. The molecule has 1 amide bonds. The number of anilines is 1. The highest BCUT2D eigenvalue weighted by atomic mass is 19.3. The normalized spacial score (nSPS) is 10.1. The van der Waals surface area contributed by atoms with Crippen molar-refractivity contribution in [3.8, 4) is 0 Å². The van der Waals surface area contributed by atoms with E-state index in [4.69, 9.17) is 4.74 Å². The summed E-state index contributed by atoms with van der Waals surface area (Å²) in [7, 11) is 0. The lowest BCUT2D eigenvalue weighted by Gasteiger charge is -2.05. The molecule has 0 bridgehead atoms. The van der Waals surface area contributed by atoms with Crippen LogP contribution in [-0.2, 0) is 9.53 Å². The Morgan fingerprint density at radius 1 is 1.29 bits per heavy atom. The van der Waals surface area contributed by atoms with E-state index in [1.165, 1.54) is 24.3 Å². The van der Waals surface area contributed by atoms with E-state index in [0.29, 0.717) is 5.56 Å². The van der Waals surface area contributed by atoms with Gasteiger partial charge >= 0.3 is 12.4 Å². The molecule has 0 aromatic heterocycles. The smallest absolute Gasteiger partial charge is 0.338 e. The van der Waals surface area contributed by atoms with Crippen molar-refractivity contribution in [2.45, 2.75) is 13.3 Å². The predicted octanol–water partition coefficient (Wildman–Crippen LogP) is 2.07. The van der Waals surface area contributed by atoms with Crippen LogP contribution in [0.15, 0.2) is 24.3 Å². The van der Waals surface area contributed by atoms with Crippen LogP contribution in [0.1, 0.15) is 17.3 Å². The fraction of sp³-hybridized carbons (Fsp3) is 0.273. The number of carbonyl (C=O) groups is 2. The van der Waals surface area contributed by atoms with Gasteiger partial charge in [-0.2, -0.15) is 8.78 Å². The van der Waals surface area contributed by atoms with E-state index in [1.54, 1.807) is 6.92 Å². The van der Waals surface area contributed by atoms with Gasteiger partial charge in [0.05, 0.1) is 12.2 Å². The average molecular weight is 243 g/mol. The minimum Gasteiger partial charge on any atom is -0.462 e. The van der Waals surface area contributed by atoms with Gasteiger partial charge in [0.15, 0.2) is 0 Å². The highest BCUT2D eigenvalue weighted by Gasteiger charge is 2.15. The Morgan fingerprint density at radius 3 is 2.35 bits per heavy atom. The maximum absolute atomic E-state index is 11.9. The summed E-state index contributed by atoms with van der Waals surface area (Å²) in [6, 6.07) is 5.48. The molecular weight excluding hydrogens is 232 g/mol. The zero-order valence-corrected chi connectivity index (χ0v) is 9.07. The van der Waals surface area contributed by atoms with E-state index < -0.39 is 18.3 Å². The van der Waals surface area contributed by atoms with Crippen molar-refractivity contribution in [2.75, 3.05) is 11.9 Å². The summed E-state index contributed by atoms with van der Waals surface area (Å²) in [5.41, 5.74) is 0.491. The molecule has 0 aliphatic rings. The number of alkyl halides is 2. The molecule has 0 saturated carbocycles. The number of amides is 1. The van der Waals surface area contributed by atoms with Crippen molar-refractivity contribution in [1.82, 2.24) is 0 Å². The second-order valence-electron chi connectivity index (χ2n) is 3.09. The van der Waals surface area contributed by atoms with Gasteiger partial charge in [-0.3, -0.25) is 4.79 Å². The van der Waals surface area contributed by atoms with Crippen LogP contribution in [0.4, 0.5) is 14.5 Å². The van der Waals surface area contributed by atoms with E-state index in [9.17, 15) is 18.4 Å². The lowest BCUT2D eigenvalue weighted by molar-refractivity contribution is -0.126. The molecule has 1 rings (SSSR count). The molecule has 0 aliphatic heterocycles. The van der Waals surface area contributed by atoms with Crippen molar-refractivity contribution in [3.63, 3.8) is 0 Å². The second-order valence-corrected chi connectivity index (χ2v) is 3.09. The molecule has 0 radical (unpaired) electrons. The molecule has 6 heteroatoms. The minimum absolute atomic E-state index is 0.198. The summed E-state index contributed by atoms with van der Waals surface area (Å²) >= 11 is 0. The molecule has 1 N–H and O–H groups in total. The molecule has 0 aliphatic carbocycles. The number of benzene rings is 1. The molecule has 92 valence electrons. The molecule has 0 unspecified atom stereocenters. The molecule has 0 fully saturated rings. The molecule has 0 atom stereocenters. The third-order valence-electron chi connectivity index (χ3n) is 1.86. The molecular formula is C11H11F2NO3. The van der Waals surface area contributed by atoms with Gasteiger partial charge in [0.1, 0.15) is 0 Å². The highest BCUT2D eigenvalue weighted by Crippen LogP contribution is 2.11. The lowest BCUT2D eigenvalue weighted by Crippen LogP contribution is -2.20. The van der Waals surface area contributed by atoms with E-state index in [1.807, 2.05) is 5.32 Å². The largest absolute Gasteiger partial charge is 0.462 e. The van der Waals surface area contributed by atoms with Crippen molar-refractivity contribution in [3.05, 3.63) is 29.8 Å². The Hall–Kier alpha value is -1.98. The quantitative estimate of drug-likeness (QED) is 0.823. The SMILES string of the molecule is CCOC(=O)c1ccc(NC(=O)C(F)F)cc1. The summed E-state index contributed by atoms with van der Waals surface area (Å²) in [5, 5.41) is 2.00. The molecule has 4 nitrogen and oxygen atoms in total. The zero-order chi connectivity index (χ0) is 12.8. The van der Waals surface area contributed by atoms with Crippen LogP contribution in [0, 0.1) is 0 Å². The monoisotopic (exact) mass is 243 g/mol. The molecule has 0 spiro atoms. The molecule has 17 heavy (non-hydrogen) atoms. The Morgan fingerprint density at radius 2 is 1.88 bits per heavy atom. The summed E-state index contributed by atoms with van der Waals surface area (Å²) in [6.07, 6.45) is -3.07. The number of esters is 1. The first kappa shape index (κ1) is 13.1. The van der Waals surface area contributed by atoms with Crippen molar-refractivity contribution in [1.29, 1.82) is 0 Å². The predicted molar refractivity (Wildman–Crippen MR) is 57.0 cm³/mol. The summed E-state index contributed by atoms with van der Waals surface area (Å²) < 4.78 is 28.6. The van der Waals surface area contributed by atoms with Gasteiger partial charge in [-0.05, 0) is 31.2 Å². The van der Waals surface area contributed by atoms with E-state index in [0.717, 1.165) is 0 Å². The van der Waals surface area contributed by atoms with Crippen LogP contribution in [0.3, 0.4) is 0 Å². The molecule has 1 aromatic rings. The molecule has 1 aromatic carbocycles. The summed E-state index contributed by atoms with van der Waals surface area (Å²) in [6.45, 7) is 1.93. The van der Waals surface area contributed by atoms with Crippen molar-refractivity contribution >= 4 is 17.6 Å². The van der Waals surface area contributed by atoms with Gasteiger partial charge in [0, 0.05) is 5.69 Å². The zero-order valence-electron chi connectivity index (χ0n) is 9.07. The Balaban J connectivity index is 2.68. The number of ether oxygens (including phenoxy) is 1. The topological polar surface area (TPSA) is 55.4 Å². The average Bonchev–Trinajstić information content (AvgIpc) is 2.30. The number of nitrogens with one attached hydrogen (secondary N) is 1. The summed E-state index contributed by atoms with van der Waals surface area (Å²) in [4.78, 5) is 21.9. The van der Waals surface area contributed by atoms with Crippen LogP contribution < -0.4 is 5.32 Å². The maximum Gasteiger partial charge on any atom is 0.338 e. The van der Waals surface area contributed by atoms with E-state index in [2.05, 4.69) is 0 Å². The number of rotatable bonds is 4. The lowest BCUT2D eigenvalue weighted by atomic mass is 10.2. The van der Waals surface area contributed by atoms with Crippen LogP contribution in [0.2, 0.25) is 0 Å².